The van der Waals surface area contributed by atoms with Gasteiger partial charge in [-0.05, 0) is 23.8 Å². The van der Waals surface area contributed by atoms with Crippen molar-refractivity contribution in [3.05, 3.63) is 64.5 Å². The Labute approximate surface area is 159 Å². The molecule has 0 saturated heterocycles. The number of amides is 2. The number of carbonyl (C=O) groups excluding carboxylic acids is 2. The largest absolute Gasteiger partial charge is 0.326 e. The second-order valence-corrected chi connectivity index (χ2v) is 7.22. The molecule has 0 radical (unpaired) electrons. The lowest BCUT2D eigenvalue weighted by molar-refractivity contribution is -0.123. The van der Waals surface area contributed by atoms with Crippen LogP contribution in [0, 0.1) is 0 Å². The number of thiazole rings is 1. The van der Waals surface area contributed by atoms with E-state index in [1.165, 1.54) is 11.3 Å². The topological polar surface area (TPSA) is 71.1 Å². The predicted molar refractivity (Wildman–Crippen MR) is 104 cm³/mol. The summed E-state index contributed by atoms with van der Waals surface area (Å²) in [5.74, 6) is -0.919. The van der Waals surface area contributed by atoms with Crippen molar-refractivity contribution < 1.29 is 9.59 Å². The van der Waals surface area contributed by atoms with Crippen molar-refractivity contribution in [2.24, 2.45) is 0 Å². The van der Waals surface area contributed by atoms with Crippen molar-refractivity contribution in [2.75, 3.05) is 10.6 Å². The zero-order chi connectivity index (χ0) is 18.1. The van der Waals surface area contributed by atoms with E-state index in [1.807, 2.05) is 35.7 Å². The van der Waals surface area contributed by atoms with Gasteiger partial charge in [-0.25, -0.2) is 4.98 Å². The molecule has 1 unspecified atom stereocenters. The smallest absolute Gasteiger partial charge is 0.234 e. The first-order valence-corrected chi connectivity index (χ1v) is 9.27. The molecular formula is C19H14ClN3O2S. The van der Waals surface area contributed by atoms with Gasteiger partial charge in [0.1, 0.15) is 0 Å². The van der Waals surface area contributed by atoms with Crippen molar-refractivity contribution in [3.8, 4) is 11.3 Å². The van der Waals surface area contributed by atoms with Gasteiger partial charge in [-0.3, -0.25) is 9.59 Å². The number of nitrogens with one attached hydrogen (secondary N) is 2. The van der Waals surface area contributed by atoms with Gasteiger partial charge in [-0.15, -0.1) is 11.3 Å². The van der Waals surface area contributed by atoms with Crippen LogP contribution in [-0.4, -0.2) is 16.8 Å². The predicted octanol–water partition coefficient (Wildman–Crippen LogP) is 4.53. The highest BCUT2D eigenvalue weighted by atomic mass is 35.5. The molecule has 5 nitrogen and oxygen atoms in total. The molecule has 0 bridgehead atoms. The van der Waals surface area contributed by atoms with Crippen molar-refractivity contribution in [2.45, 2.75) is 12.3 Å². The van der Waals surface area contributed by atoms with Gasteiger partial charge in [0.2, 0.25) is 11.8 Å². The molecule has 1 atom stereocenters. The normalized spacial score (nSPS) is 15.9. The van der Waals surface area contributed by atoms with Gasteiger partial charge in [-0.2, -0.15) is 0 Å². The Hall–Kier alpha value is -2.70. The highest BCUT2D eigenvalue weighted by Crippen LogP contribution is 2.33. The molecule has 7 heteroatoms. The quantitative estimate of drug-likeness (QED) is 0.698. The van der Waals surface area contributed by atoms with Crippen molar-refractivity contribution in [1.82, 2.24) is 4.98 Å². The van der Waals surface area contributed by atoms with E-state index in [0.29, 0.717) is 15.8 Å². The number of para-hydroxylation sites is 1. The lowest BCUT2D eigenvalue weighted by atomic mass is 9.90. The van der Waals surface area contributed by atoms with Crippen LogP contribution in [-0.2, 0) is 9.59 Å². The number of fused-ring (bicyclic) bond motifs is 1. The third-order valence-electron chi connectivity index (χ3n) is 4.19. The molecule has 0 spiro atoms. The zero-order valence-electron chi connectivity index (χ0n) is 13.5. The minimum absolute atomic E-state index is 0.123. The number of rotatable bonds is 3. The summed E-state index contributed by atoms with van der Waals surface area (Å²) in [6.07, 6.45) is 0.123. The number of anilines is 2. The minimum Gasteiger partial charge on any atom is -0.326 e. The molecule has 0 aliphatic carbocycles. The van der Waals surface area contributed by atoms with Crippen LogP contribution < -0.4 is 10.6 Å². The molecule has 1 aliphatic rings. The highest BCUT2D eigenvalue weighted by Gasteiger charge is 2.30. The Morgan fingerprint density at radius 3 is 2.77 bits per heavy atom. The van der Waals surface area contributed by atoms with Gasteiger partial charge in [0.25, 0.3) is 0 Å². The molecule has 4 rings (SSSR count). The number of benzene rings is 2. The Kier molecular flexibility index (Phi) is 4.44. The van der Waals surface area contributed by atoms with E-state index >= 15 is 0 Å². The van der Waals surface area contributed by atoms with Gasteiger partial charge >= 0.3 is 0 Å². The fourth-order valence-electron chi connectivity index (χ4n) is 2.92. The molecule has 1 aliphatic heterocycles. The van der Waals surface area contributed by atoms with Crippen LogP contribution in [0.5, 0.6) is 0 Å². The average molecular weight is 384 g/mol. The maximum absolute atomic E-state index is 12.7. The van der Waals surface area contributed by atoms with Crippen molar-refractivity contribution in [1.29, 1.82) is 0 Å². The highest BCUT2D eigenvalue weighted by molar-refractivity contribution is 7.14. The fraction of sp³-hybridized carbons (Fsp3) is 0.105. The second kappa shape index (κ2) is 6.90. The van der Waals surface area contributed by atoms with Crippen LogP contribution in [0.25, 0.3) is 11.3 Å². The molecule has 0 saturated carbocycles. The van der Waals surface area contributed by atoms with Crippen molar-refractivity contribution >= 4 is 45.6 Å². The maximum atomic E-state index is 12.7. The molecule has 2 aromatic carbocycles. The van der Waals surface area contributed by atoms with Gasteiger partial charge in [-0.1, -0.05) is 41.9 Å². The summed E-state index contributed by atoms with van der Waals surface area (Å²) in [4.78, 5) is 29.1. The molecular weight excluding hydrogens is 370 g/mol. The number of hydrogen-bond acceptors (Lipinski definition) is 4. The first-order valence-electron chi connectivity index (χ1n) is 8.01. The standard InChI is InChI=1S/C19H14ClN3O2S/c20-12-7-5-11(6-8-12)16-10-26-19(22-16)23-18(25)14-9-17(24)21-15-4-2-1-3-13(14)15/h1-8,10,14H,9H2,(H,21,24)(H,22,23,25). The van der Waals surface area contributed by atoms with E-state index in [-0.39, 0.29) is 18.2 Å². The molecule has 3 aromatic rings. The zero-order valence-corrected chi connectivity index (χ0v) is 15.1. The molecule has 2 N–H and O–H groups in total. The maximum Gasteiger partial charge on any atom is 0.234 e. The fourth-order valence-corrected chi connectivity index (χ4v) is 3.77. The monoisotopic (exact) mass is 383 g/mol. The van der Waals surface area contributed by atoms with E-state index in [0.717, 1.165) is 16.8 Å². The van der Waals surface area contributed by atoms with Crippen LogP contribution in [0.1, 0.15) is 17.9 Å². The lowest BCUT2D eigenvalue weighted by Gasteiger charge is -2.24. The van der Waals surface area contributed by atoms with E-state index in [9.17, 15) is 9.59 Å². The summed E-state index contributed by atoms with van der Waals surface area (Å²) in [6.45, 7) is 0. The Balaban J connectivity index is 1.54. The van der Waals surface area contributed by atoms with Gasteiger partial charge in [0.05, 0.1) is 11.6 Å². The SMILES string of the molecule is O=C1CC(C(=O)Nc2nc(-c3ccc(Cl)cc3)cs2)c2ccccc2N1. The number of carbonyl (C=O) groups is 2. The number of nitrogens with zero attached hydrogens (tertiary/aromatic N) is 1. The summed E-state index contributed by atoms with van der Waals surface area (Å²) < 4.78 is 0. The number of aromatic nitrogens is 1. The molecule has 130 valence electrons. The van der Waals surface area contributed by atoms with E-state index in [4.69, 9.17) is 11.6 Å². The first kappa shape index (κ1) is 16.8. The van der Waals surface area contributed by atoms with Crippen molar-refractivity contribution in [3.63, 3.8) is 0 Å². The second-order valence-electron chi connectivity index (χ2n) is 5.93. The van der Waals surface area contributed by atoms with Crippen LogP contribution in [0.2, 0.25) is 5.02 Å². The molecule has 0 fully saturated rings. The van der Waals surface area contributed by atoms with Crippen LogP contribution >= 0.6 is 22.9 Å². The number of hydrogen-bond donors (Lipinski definition) is 2. The van der Waals surface area contributed by atoms with Gasteiger partial charge in [0.15, 0.2) is 5.13 Å². The summed E-state index contributed by atoms with van der Waals surface area (Å²) in [5, 5.41) is 8.67. The van der Waals surface area contributed by atoms with Crippen LogP contribution in [0.15, 0.2) is 53.9 Å². The molecule has 2 amide bonds. The lowest BCUT2D eigenvalue weighted by Crippen LogP contribution is -2.30. The Morgan fingerprint density at radius 1 is 1.19 bits per heavy atom. The summed E-state index contributed by atoms with van der Waals surface area (Å²) in [7, 11) is 0. The molecule has 2 heterocycles. The van der Waals surface area contributed by atoms with E-state index in [2.05, 4.69) is 15.6 Å². The third-order valence-corrected chi connectivity index (χ3v) is 5.20. The van der Waals surface area contributed by atoms with E-state index in [1.54, 1.807) is 18.2 Å². The van der Waals surface area contributed by atoms with Gasteiger partial charge in [0, 0.05) is 28.1 Å². The molecule has 26 heavy (non-hydrogen) atoms. The Bertz CT molecular complexity index is 984. The summed E-state index contributed by atoms with van der Waals surface area (Å²) in [5.41, 5.74) is 3.20. The minimum atomic E-state index is -0.525. The van der Waals surface area contributed by atoms with Crippen LogP contribution in [0.4, 0.5) is 10.8 Å². The number of halogens is 1. The van der Waals surface area contributed by atoms with E-state index < -0.39 is 5.92 Å². The summed E-state index contributed by atoms with van der Waals surface area (Å²) in [6, 6.07) is 14.7. The van der Waals surface area contributed by atoms with Gasteiger partial charge < -0.3 is 10.6 Å². The average Bonchev–Trinajstić information content (AvgIpc) is 3.10. The molecule has 1 aromatic heterocycles. The van der Waals surface area contributed by atoms with Crippen LogP contribution in [0.3, 0.4) is 0 Å². The third kappa shape index (κ3) is 3.34. The first-order chi connectivity index (χ1) is 12.6. The summed E-state index contributed by atoms with van der Waals surface area (Å²) >= 11 is 7.25. The Morgan fingerprint density at radius 2 is 1.96 bits per heavy atom.